The lowest BCUT2D eigenvalue weighted by Crippen LogP contribution is -2.43. The van der Waals surface area contributed by atoms with Gasteiger partial charge in [0, 0.05) is 6.42 Å². The number of carbonyl (C=O) groups excluding carboxylic acids is 2. The maximum Gasteiger partial charge on any atom is 0.303 e. The molecule has 0 spiro atoms. The summed E-state index contributed by atoms with van der Waals surface area (Å²) >= 11 is 0. The Morgan fingerprint density at radius 3 is 2.33 bits per heavy atom. The molecular formula is C14H17FN2O4. The van der Waals surface area contributed by atoms with E-state index >= 15 is 0 Å². The van der Waals surface area contributed by atoms with Gasteiger partial charge in [0.2, 0.25) is 5.91 Å². The molecule has 6 nitrogen and oxygen atoms in total. The molecule has 1 aromatic rings. The Morgan fingerprint density at radius 1 is 1.14 bits per heavy atom. The molecule has 0 unspecified atom stereocenters. The number of hydrogen-bond donors (Lipinski definition) is 3. The van der Waals surface area contributed by atoms with Crippen molar-refractivity contribution in [1.82, 2.24) is 10.9 Å². The highest BCUT2D eigenvalue weighted by Crippen LogP contribution is 2.24. The molecule has 0 aromatic heterocycles. The third-order valence-corrected chi connectivity index (χ3v) is 2.70. The number of hydrazine groups is 1. The number of hydrogen-bond acceptors (Lipinski definition) is 3. The molecule has 2 amide bonds. The average Bonchev–Trinajstić information content (AvgIpc) is 2.34. The van der Waals surface area contributed by atoms with Crippen LogP contribution in [0.2, 0.25) is 0 Å². The van der Waals surface area contributed by atoms with Crippen LogP contribution in [0.3, 0.4) is 0 Å². The molecule has 0 saturated heterocycles. The summed E-state index contributed by atoms with van der Waals surface area (Å²) < 4.78 is 13.3. The SMILES string of the molecule is CC(C)(CC(=O)O)CC(=O)NNC(=O)c1ccccc1F. The number of nitrogens with one attached hydrogen (secondary N) is 2. The van der Waals surface area contributed by atoms with Gasteiger partial charge in [-0.15, -0.1) is 0 Å². The fourth-order valence-electron chi connectivity index (χ4n) is 1.79. The van der Waals surface area contributed by atoms with E-state index in [1.165, 1.54) is 18.2 Å². The van der Waals surface area contributed by atoms with Crippen LogP contribution in [0.15, 0.2) is 24.3 Å². The molecular weight excluding hydrogens is 279 g/mol. The van der Waals surface area contributed by atoms with Gasteiger partial charge in [-0.1, -0.05) is 26.0 Å². The number of amides is 2. The van der Waals surface area contributed by atoms with Crippen LogP contribution in [0.5, 0.6) is 0 Å². The van der Waals surface area contributed by atoms with Crippen LogP contribution in [-0.4, -0.2) is 22.9 Å². The van der Waals surface area contributed by atoms with Gasteiger partial charge in [0.25, 0.3) is 5.91 Å². The molecule has 114 valence electrons. The van der Waals surface area contributed by atoms with Gasteiger partial charge in [0.15, 0.2) is 0 Å². The van der Waals surface area contributed by atoms with Crippen molar-refractivity contribution >= 4 is 17.8 Å². The summed E-state index contributed by atoms with van der Waals surface area (Å²) in [5.74, 6) is -3.04. The van der Waals surface area contributed by atoms with E-state index in [4.69, 9.17) is 5.11 Å². The number of carbonyl (C=O) groups is 3. The number of benzene rings is 1. The molecule has 0 radical (unpaired) electrons. The lowest BCUT2D eigenvalue weighted by Gasteiger charge is -2.21. The van der Waals surface area contributed by atoms with Gasteiger partial charge in [-0.25, -0.2) is 4.39 Å². The number of rotatable bonds is 5. The van der Waals surface area contributed by atoms with Crippen molar-refractivity contribution in [2.45, 2.75) is 26.7 Å². The molecule has 0 saturated carbocycles. The van der Waals surface area contributed by atoms with Gasteiger partial charge in [-0.05, 0) is 17.5 Å². The molecule has 1 rings (SSSR count). The molecule has 7 heteroatoms. The Hall–Kier alpha value is -2.44. The second kappa shape index (κ2) is 6.83. The molecule has 0 aliphatic carbocycles. The summed E-state index contributed by atoms with van der Waals surface area (Å²) in [5, 5.41) is 8.72. The van der Waals surface area contributed by atoms with Crippen LogP contribution < -0.4 is 10.9 Å². The number of aliphatic carboxylic acids is 1. The minimum absolute atomic E-state index is 0.0865. The van der Waals surface area contributed by atoms with Gasteiger partial charge in [0.05, 0.1) is 12.0 Å². The molecule has 0 bridgehead atoms. The third kappa shape index (κ3) is 5.60. The van der Waals surface area contributed by atoms with Crippen LogP contribution in [0.25, 0.3) is 0 Å². The summed E-state index contributed by atoms with van der Waals surface area (Å²) in [5.41, 5.74) is 3.29. The average molecular weight is 296 g/mol. The summed E-state index contributed by atoms with van der Waals surface area (Å²) in [6.45, 7) is 3.25. The van der Waals surface area contributed by atoms with Crippen LogP contribution in [-0.2, 0) is 9.59 Å². The van der Waals surface area contributed by atoms with E-state index in [9.17, 15) is 18.8 Å². The van der Waals surface area contributed by atoms with E-state index in [-0.39, 0.29) is 18.4 Å². The van der Waals surface area contributed by atoms with Gasteiger partial charge in [0.1, 0.15) is 5.82 Å². The van der Waals surface area contributed by atoms with Crippen molar-refractivity contribution in [1.29, 1.82) is 0 Å². The van der Waals surface area contributed by atoms with Gasteiger partial charge in [-0.3, -0.25) is 25.2 Å². The molecule has 0 atom stereocenters. The lowest BCUT2D eigenvalue weighted by atomic mass is 9.85. The first-order chi connectivity index (χ1) is 9.71. The zero-order chi connectivity index (χ0) is 16.0. The van der Waals surface area contributed by atoms with Crippen molar-refractivity contribution in [3.05, 3.63) is 35.6 Å². The highest BCUT2D eigenvalue weighted by Gasteiger charge is 2.25. The smallest absolute Gasteiger partial charge is 0.303 e. The van der Waals surface area contributed by atoms with Gasteiger partial charge in [-0.2, -0.15) is 0 Å². The number of carboxylic acids is 1. The zero-order valence-electron chi connectivity index (χ0n) is 11.8. The maximum atomic E-state index is 13.3. The minimum atomic E-state index is -1.01. The summed E-state index contributed by atoms with van der Waals surface area (Å²) in [6, 6.07) is 5.35. The second-order valence-corrected chi connectivity index (χ2v) is 5.39. The van der Waals surface area contributed by atoms with Gasteiger partial charge >= 0.3 is 5.97 Å². The third-order valence-electron chi connectivity index (χ3n) is 2.70. The minimum Gasteiger partial charge on any atom is -0.481 e. The second-order valence-electron chi connectivity index (χ2n) is 5.39. The first-order valence-corrected chi connectivity index (χ1v) is 6.27. The van der Waals surface area contributed by atoms with E-state index in [1.807, 2.05) is 0 Å². The summed E-state index contributed by atoms with van der Waals surface area (Å²) in [6.07, 6.45) is -0.265. The van der Waals surface area contributed by atoms with Crippen molar-refractivity contribution in [2.75, 3.05) is 0 Å². The highest BCUT2D eigenvalue weighted by molar-refractivity contribution is 5.95. The molecule has 0 aliphatic heterocycles. The first kappa shape index (κ1) is 16.6. The fourth-order valence-corrected chi connectivity index (χ4v) is 1.79. The molecule has 21 heavy (non-hydrogen) atoms. The normalized spacial score (nSPS) is 10.8. The quantitative estimate of drug-likeness (QED) is 0.717. The van der Waals surface area contributed by atoms with Crippen molar-refractivity contribution in [3.8, 4) is 0 Å². The van der Waals surface area contributed by atoms with Crippen LogP contribution >= 0.6 is 0 Å². The van der Waals surface area contributed by atoms with E-state index < -0.39 is 29.0 Å². The van der Waals surface area contributed by atoms with E-state index in [1.54, 1.807) is 13.8 Å². The van der Waals surface area contributed by atoms with Crippen molar-refractivity contribution in [2.24, 2.45) is 5.41 Å². The number of carboxylic acid groups (broad SMARTS) is 1. The molecule has 3 N–H and O–H groups in total. The van der Waals surface area contributed by atoms with Crippen LogP contribution in [0.1, 0.15) is 37.0 Å². The summed E-state index contributed by atoms with van der Waals surface area (Å²) in [7, 11) is 0. The molecule has 0 fully saturated rings. The van der Waals surface area contributed by atoms with E-state index in [0.717, 1.165) is 6.07 Å². The van der Waals surface area contributed by atoms with Gasteiger partial charge < -0.3 is 5.11 Å². The Morgan fingerprint density at radius 2 is 1.76 bits per heavy atom. The Bertz CT molecular complexity index is 558. The largest absolute Gasteiger partial charge is 0.481 e. The zero-order valence-corrected chi connectivity index (χ0v) is 11.8. The summed E-state index contributed by atoms with van der Waals surface area (Å²) in [4.78, 5) is 33.9. The Labute approximate surface area is 121 Å². The highest BCUT2D eigenvalue weighted by atomic mass is 19.1. The Balaban J connectivity index is 2.52. The van der Waals surface area contributed by atoms with Crippen LogP contribution in [0, 0.1) is 11.2 Å². The maximum absolute atomic E-state index is 13.3. The predicted octanol–water partition coefficient (Wildman–Crippen LogP) is 1.48. The Kier molecular flexibility index (Phi) is 5.40. The predicted molar refractivity (Wildman–Crippen MR) is 72.7 cm³/mol. The number of halogens is 1. The molecule has 0 heterocycles. The van der Waals surface area contributed by atoms with E-state index in [0.29, 0.717) is 0 Å². The fraction of sp³-hybridized carbons (Fsp3) is 0.357. The van der Waals surface area contributed by atoms with Crippen molar-refractivity contribution < 1.29 is 23.9 Å². The monoisotopic (exact) mass is 296 g/mol. The molecule has 1 aromatic carbocycles. The van der Waals surface area contributed by atoms with E-state index in [2.05, 4.69) is 10.9 Å². The van der Waals surface area contributed by atoms with Crippen LogP contribution in [0.4, 0.5) is 4.39 Å². The molecule has 0 aliphatic rings. The lowest BCUT2D eigenvalue weighted by molar-refractivity contribution is -0.139. The first-order valence-electron chi connectivity index (χ1n) is 6.27. The topological polar surface area (TPSA) is 95.5 Å². The standard InChI is InChI=1S/C14H17FN2O4/c1-14(2,8-12(19)20)7-11(18)16-17-13(21)9-5-3-4-6-10(9)15/h3-6H,7-8H2,1-2H3,(H,16,18)(H,17,21)(H,19,20). The van der Waals surface area contributed by atoms with Crippen molar-refractivity contribution in [3.63, 3.8) is 0 Å².